The zero-order chi connectivity index (χ0) is 14.8. The van der Waals surface area contributed by atoms with E-state index in [0.29, 0.717) is 17.9 Å². The third kappa shape index (κ3) is 3.07. The molecule has 0 saturated carbocycles. The Labute approximate surface area is 125 Å². The quantitative estimate of drug-likeness (QED) is 0.854. The van der Waals surface area contributed by atoms with Crippen molar-refractivity contribution >= 4 is 5.91 Å². The van der Waals surface area contributed by atoms with E-state index in [4.69, 9.17) is 0 Å². The summed E-state index contributed by atoms with van der Waals surface area (Å²) in [5, 5.41) is 0. The molecule has 0 bridgehead atoms. The van der Waals surface area contributed by atoms with Crippen molar-refractivity contribution in [2.24, 2.45) is 5.92 Å². The maximum absolute atomic E-state index is 13.9. The Morgan fingerprint density at radius 2 is 2.05 bits per heavy atom. The van der Waals surface area contributed by atoms with Crippen LogP contribution < -0.4 is 0 Å². The minimum Gasteiger partial charge on any atom is -0.337 e. The summed E-state index contributed by atoms with van der Waals surface area (Å²) in [6.07, 6.45) is 3.26. The van der Waals surface area contributed by atoms with Gasteiger partial charge in [0.25, 0.3) is 5.91 Å². The molecule has 2 saturated heterocycles. The molecule has 0 N–H and O–H groups in total. The molecule has 5 heteroatoms. The lowest BCUT2D eigenvalue weighted by atomic mass is 9.97. The molecule has 21 heavy (non-hydrogen) atoms. The van der Waals surface area contributed by atoms with Crippen LogP contribution in [0.2, 0.25) is 0 Å². The largest absolute Gasteiger partial charge is 0.337 e. The highest BCUT2D eigenvalue weighted by molar-refractivity contribution is 5.92. The third-order valence-corrected chi connectivity index (χ3v) is 4.51. The highest BCUT2D eigenvalue weighted by atomic mass is 19.1. The molecule has 0 spiro atoms. The van der Waals surface area contributed by atoms with E-state index in [0.717, 1.165) is 44.9 Å². The summed E-state index contributed by atoms with van der Waals surface area (Å²) in [6.45, 7) is 6.26. The van der Waals surface area contributed by atoms with Gasteiger partial charge in [0.05, 0.1) is 5.69 Å². The predicted molar refractivity (Wildman–Crippen MR) is 78.4 cm³/mol. The second-order valence-corrected chi connectivity index (χ2v) is 6.09. The lowest BCUT2D eigenvalue weighted by Gasteiger charge is -2.38. The molecule has 0 atom stereocenters. The number of carbonyl (C=O) groups excluding carboxylic acids is 1. The topological polar surface area (TPSA) is 36.4 Å². The van der Waals surface area contributed by atoms with Gasteiger partial charge < -0.3 is 4.90 Å². The van der Waals surface area contributed by atoms with Crippen molar-refractivity contribution in [3.05, 3.63) is 29.3 Å². The number of halogens is 1. The first-order valence-corrected chi connectivity index (χ1v) is 7.84. The minimum atomic E-state index is -0.312. The molecule has 0 unspecified atom stereocenters. The number of amides is 1. The third-order valence-electron chi connectivity index (χ3n) is 4.51. The van der Waals surface area contributed by atoms with Gasteiger partial charge in [-0.05, 0) is 30.9 Å². The summed E-state index contributed by atoms with van der Waals surface area (Å²) in [5.74, 6) is 0.346. The zero-order valence-corrected chi connectivity index (χ0v) is 12.5. The van der Waals surface area contributed by atoms with Gasteiger partial charge in [0.15, 0.2) is 0 Å². The first-order valence-electron chi connectivity index (χ1n) is 7.84. The summed E-state index contributed by atoms with van der Waals surface area (Å²) in [7, 11) is 0. The van der Waals surface area contributed by atoms with E-state index in [-0.39, 0.29) is 11.7 Å². The smallest absolute Gasteiger partial charge is 0.272 e. The number of aromatic nitrogens is 1. The molecule has 2 aliphatic rings. The number of rotatable bonds is 4. The van der Waals surface area contributed by atoms with Crippen LogP contribution in [0.3, 0.4) is 0 Å². The number of nitrogens with zero attached hydrogens (tertiary/aromatic N) is 3. The predicted octanol–water partition coefficient (Wildman–Crippen LogP) is 2.30. The Bertz CT molecular complexity index is 522. The van der Waals surface area contributed by atoms with Crippen LogP contribution in [0.25, 0.3) is 0 Å². The lowest BCUT2D eigenvalue weighted by molar-refractivity contribution is 0.0780. The van der Waals surface area contributed by atoms with E-state index >= 15 is 0 Å². The molecule has 1 amide bonds. The van der Waals surface area contributed by atoms with Gasteiger partial charge in [0.1, 0.15) is 11.5 Å². The van der Waals surface area contributed by atoms with E-state index < -0.39 is 0 Å². The van der Waals surface area contributed by atoms with Crippen molar-refractivity contribution in [2.45, 2.75) is 32.7 Å². The maximum Gasteiger partial charge on any atom is 0.272 e. The van der Waals surface area contributed by atoms with Crippen LogP contribution in [0.15, 0.2) is 12.1 Å². The molecule has 1 aromatic rings. The molecule has 1 aromatic heterocycles. The number of pyridine rings is 1. The van der Waals surface area contributed by atoms with Gasteiger partial charge in [0.2, 0.25) is 0 Å². The molecule has 2 aliphatic heterocycles. The fraction of sp³-hybridized carbons (Fsp3) is 0.625. The first kappa shape index (κ1) is 14.4. The Morgan fingerprint density at radius 1 is 1.33 bits per heavy atom. The molecule has 0 aliphatic carbocycles. The number of hydrogen-bond donors (Lipinski definition) is 0. The summed E-state index contributed by atoms with van der Waals surface area (Å²) >= 11 is 0. The van der Waals surface area contributed by atoms with Crippen LogP contribution in [-0.4, -0.2) is 46.9 Å². The van der Waals surface area contributed by atoms with Gasteiger partial charge in [-0.25, -0.2) is 9.37 Å². The van der Waals surface area contributed by atoms with E-state index in [2.05, 4.69) is 16.8 Å². The van der Waals surface area contributed by atoms with Crippen LogP contribution >= 0.6 is 0 Å². The lowest BCUT2D eigenvalue weighted by Crippen LogP contribution is -2.45. The average Bonchev–Trinajstić information content (AvgIpc) is 2.97. The Kier molecular flexibility index (Phi) is 4.19. The number of likely N-dealkylation sites (tertiary alicyclic amines) is 2. The SMILES string of the molecule is CCC1CN(Cc2nc(C(=O)N3CCCC3)ccc2F)C1. The Balaban J connectivity index is 1.69. The van der Waals surface area contributed by atoms with Gasteiger partial charge in [0, 0.05) is 32.7 Å². The molecule has 0 aromatic carbocycles. The van der Waals surface area contributed by atoms with E-state index in [1.165, 1.54) is 18.6 Å². The molecule has 0 radical (unpaired) electrons. The van der Waals surface area contributed by atoms with Gasteiger partial charge in [-0.2, -0.15) is 0 Å². The van der Waals surface area contributed by atoms with Crippen LogP contribution in [-0.2, 0) is 6.54 Å². The molecular weight excluding hydrogens is 269 g/mol. The fourth-order valence-corrected chi connectivity index (χ4v) is 3.07. The van der Waals surface area contributed by atoms with Gasteiger partial charge in [-0.3, -0.25) is 9.69 Å². The summed E-state index contributed by atoms with van der Waals surface area (Å²) in [6, 6.07) is 2.88. The van der Waals surface area contributed by atoms with Crippen molar-refractivity contribution in [3.63, 3.8) is 0 Å². The van der Waals surface area contributed by atoms with Crippen LogP contribution in [0, 0.1) is 11.7 Å². The van der Waals surface area contributed by atoms with Crippen LogP contribution in [0.5, 0.6) is 0 Å². The number of carbonyl (C=O) groups is 1. The highest BCUT2D eigenvalue weighted by Crippen LogP contribution is 2.22. The van der Waals surface area contributed by atoms with Crippen LogP contribution in [0.1, 0.15) is 42.4 Å². The second kappa shape index (κ2) is 6.10. The van der Waals surface area contributed by atoms with E-state index in [1.54, 1.807) is 4.90 Å². The van der Waals surface area contributed by atoms with Gasteiger partial charge in [-0.15, -0.1) is 0 Å². The highest BCUT2D eigenvalue weighted by Gasteiger charge is 2.27. The van der Waals surface area contributed by atoms with Crippen molar-refractivity contribution in [2.75, 3.05) is 26.2 Å². The molecule has 114 valence electrons. The maximum atomic E-state index is 13.9. The first-order chi connectivity index (χ1) is 10.2. The Hall–Kier alpha value is -1.49. The monoisotopic (exact) mass is 291 g/mol. The average molecular weight is 291 g/mol. The molecule has 3 rings (SSSR count). The van der Waals surface area contributed by atoms with Gasteiger partial charge in [-0.1, -0.05) is 13.3 Å². The number of hydrogen-bond acceptors (Lipinski definition) is 3. The fourth-order valence-electron chi connectivity index (χ4n) is 3.07. The summed E-state index contributed by atoms with van der Waals surface area (Å²) in [4.78, 5) is 20.6. The summed E-state index contributed by atoms with van der Waals surface area (Å²) < 4.78 is 13.9. The summed E-state index contributed by atoms with van der Waals surface area (Å²) in [5.41, 5.74) is 0.774. The normalized spacial score (nSPS) is 19.8. The Morgan fingerprint density at radius 3 is 2.71 bits per heavy atom. The molecule has 3 heterocycles. The molecular formula is C16H22FN3O. The van der Waals surface area contributed by atoms with E-state index in [1.807, 2.05) is 0 Å². The van der Waals surface area contributed by atoms with Crippen molar-refractivity contribution < 1.29 is 9.18 Å². The van der Waals surface area contributed by atoms with Crippen molar-refractivity contribution in [3.8, 4) is 0 Å². The zero-order valence-electron chi connectivity index (χ0n) is 12.5. The molecule has 2 fully saturated rings. The van der Waals surface area contributed by atoms with Gasteiger partial charge >= 0.3 is 0 Å². The minimum absolute atomic E-state index is 0.0659. The van der Waals surface area contributed by atoms with Crippen molar-refractivity contribution in [1.82, 2.24) is 14.8 Å². The van der Waals surface area contributed by atoms with E-state index in [9.17, 15) is 9.18 Å². The molecule has 4 nitrogen and oxygen atoms in total. The van der Waals surface area contributed by atoms with Crippen LogP contribution in [0.4, 0.5) is 4.39 Å². The standard InChI is InChI=1S/C16H22FN3O/c1-2-12-9-19(10-12)11-15-13(17)5-6-14(18-15)16(21)20-7-3-4-8-20/h5-6,12H,2-4,7-11H2,1H3. The van der Waals surface area contributed by atoms with Crippen molar-refractivity contribution in [1.29, 1.82) is 0 Å². The second-order valence-electron chi connectivity index (χ2n) is 6.09.